The number of halogens is 1. The zero-order valence-electron chi connectivity index (χ0n) is 14.3. The summed E-state index contributed by atoms with van der Waals surface area (Å²) in [5.74, 6) is -0.0289. The number of nitrogens with one attached hydrogen (secondary N) is 1. The lowest BCUT2D eigenvalue weighted by molar-refractivity contribution is 0.102. The van der Waals surface area contributed by atoms with E-state index in [0.717, 1.165) is 11.3 Å². The quantitative estimate of drug-likeness (QED) is 0.743. The molecule has 3 rings (SSSR count). The van der Waals surface area contributed by atoms with Crippen molar-refractivity contribution in [2.24, 2.45) is 0 Å². The van der Waals surface area contributed by atoms with Crippen LogP contribution in [-0.2, 0) is 6.54 Å². The summed E-state index contributed by atoms with van der Waals surface area (Å²) in [6, 6.07) is 13.0. The maximum atomic E-state index is 13.3. The number of carbonyl (C=O) groups excluding carboxylic acids is 1. The van der Waals surface area contributed by atoms with Crippen LogP contribution in [-0.4, -0.2) is 17.6 Å². The molecule has 0 fully saturated rings. The Morgan fingerprint density at radius 3 is 2.62 bits per heavy atom. The van der Waals surface area contributed by atoms with E-state index in [-0.39, 0.29) is 23.1 Å². The molecule has 0 spiro atoms. The molecule has 2 aromatic carbocycles. The number of amides is 1. The number of methoxy groups -OCH3 is 1. The van der Waals surface area contributed by atoms with Crippen LogP contribution in [0.4, 0.5) is 10.1 Å². The predicted molar refractivity (Wildman–Crippen MR) is 99.8 cm³/mol. The van der Waals surface area contributed by atoms with E-state index in [0.29, 0.717) is 27.6 Å². The van der Waals surface area contributed by atoms with Crippen LogP contribution in [0, 0.1) is 12.7 Å². The molecule has 0 saturated carbocycles. The van der Waals surface area contributed by atoms with Gasteiger partial charge < -0.3 is 10.1 Å². The molecular formula is C19H17FN2O3S. The Labute approximate surface area is 153 Å². The Morgan fingerprint density at radius 1 is 1.23 bits per heavy atom. The maximum Gasteiger partial charge on any atom is 0.308 e. The number of thiazole rings is 1. The predicted octanol–water partition coefficient (Wildman–Crippen LogP) is 3.67. The number of carbonyl (C=O) groups is 1. The van der Waals surface area contributed by atoms with Gasteiger partial charge in [-0.25, -0.2) is 4.39 Å². The van der Waals surface area contributed by atoms with Crippen LogP contribution in [0.3, 0.4) is 0 Å². The fourth-order valence-electron chi connectivity index (χ4n) is 2.55. The van der Waals surface area contributed by atoms with Gasteiger partial charge in [0, 0.05) is 11.4 Å². The Bertz CT molecular complexity index is 993. The van der Waals surface area contributed by atoms with Crippen LogP contribution in [0.15, 0.2) is 53.3 Å². The molecule has 0 saturated heterocycles. The summed E-state index contributed by atoms with van der Waals surface area (Å²) in [4.78, 5) is 24.9. The van der Waals surface area contributed by atoms with Crippen molar-refractivity contribution < 1.29 is 13.9 Å². The second-order valence-electron chi connectivity index (χ2n) is 5.68. The Morgan fingerprint density at radius 2 is 1.96 bits per heavy atom. The molecule has 0 bridgehead atoms. The van der Waals surface area contributed by atoms with E-state index in [1.165, 1.54) is 16.7 Å². The molecule has 0 atom stereocenters. The van der Waals surface area contributed by atoms with Gasteiger partial charge in [0.1, 0.15) is 16.4 Å². The minimum atomic E-state index is -0.360. The van der Waals surface area contributed by atoms with Gasteiger partial charge in [-0.15, -0.1) is 0 Å². The summed E-state index contributed by atoms with van der Waals surface area (Å²) >= 11 is 0.876. The third-order valence-corrected chi connectivity index (χ3v) is 5.01. The minimum Gasteiger partial charge on any atom is -0.497 e. The summed E-state index contributed by atoms with van der Waals surface area (Å²) < 4.78 is 19.9. The second kappa shape index (κ2) is 7.53. The highest BCUT2D eigenvalue weighted by Gasteiger charge is 2.18. The molecule has 0 aliphatic rings. The molecule has 1 aromatic heterocycles. The lowest BCUT2D eigenvalue weighted by atomic mass is 10.2. The van der Waals surface area contributed by atoms with Crippen LogP contribution in [0.1, 0.15) is 20.9 Å². The number of aromatic nitrogens is 1. The molecule has 0 radical (unpaired) electrons. The van der Waals surface area contributed by atoms with Gasteiger partial charge in [0.15, 0.2) is 0 Å². The standard InChI is InChI=1S/C19H17FN2O3S/c1-12-17(18(23)21-15-6-8-16(25-2)9-7-15)26-19(24)22(12)11-13-4-3-5-14(20)10-13/h3-10H,11H2,1-2H3,(H,21,23). The van der Waals surface area contributed by atoms with Crippen LogP contribution >= 0.6 is 11.3 Å². The monoisotopic (exact) mass is 372 g/mol. The number of hydrogen-bond acceptors (Lipinski definition) is 4. The second-order valence-corrected chi connectivity index (χ2v) is 6.64. The van der Waals surface area contributed by atoms with Gasteiger partial charge in [0.2, 0.25) is 0 Å². The number of hydrogen-bond donors (Lipinski definition) is 1. The summed E-state index contributed by atoms with van der Waals surface area (Å²) in [6.07, 6.45) is 0. The maximum absolute atomic E-state index is 13.3. The van der Waals surface area contributed by atoms with Crippen LogP contribution in [0.25, 0.3) is 0 Å². The molecule has 26 heavy (non-hydrogen) atoms. The summed E-state index contributed by atoms with van der Waals surface area (Å²) in [5.41, 5.74) is 1.82. The van der Waals surface area contributed by atoms with Gasteiger partial charge in [-0.1, -0.05) is 23.5 Å². The van der Waals surface area contributed by atoms with Crippen LogP contribution in [0.5, 0.6) is 5.75 Å². The Balaban J connectivity index is 1.82. The van der Waals surface area contributed by atoms with Gasteiger partial charge in [0.25, 0.3) is 5.91 Å². The molecule has 5 nitrogen and oxygen atoms in total. The summed E-state index contributed by atoms with van der Waals surface area (Å²) in [5, 5.41) is 2.77. The first-order valence-corrected chi connectivity index (χ1v) is 8.69. The van der Waals surface area contributed by atoms with E-state index < -0.39 is 0 Å². The Hall–Kier alpha value is -2.93. The molecule has 3 aromatic rings. The molecule has 1 heterocycles. The number of benzene rings is 2. The first-order valence-electron chi connectivity index (χ1n) is 7.88. The largest absolute Gasteiger partial charge is 0.497 e. The number of anilines is 1. The molecule has 1 amide bonds. The summed E-state index contributed by atoms with van der Waals surface area (Å²) in [7, 11) is 1.57. The van der Waals surface area contributed by atoms with E-state index in [1.807, 2.05) is 0 Å². The van der Waals surface area contributed by atoms with Crippen molar-refractivity contribution in [2.45, 2.75) is 13.5 Å². The van der Waals surface area contributed by atoms with Gasteiger partial charge in [0.05, 0.1) is 13.7 Å². The average Bonchev–Trinajstić information content (AvgIpc) is 2.91. The third kappa shape index (κ3) is 3.83. The molecule has 1 N–H and O–H groups in total. The van der Waals surface area contributed by atoms with E-state index in [2.05, 4.69) is 5.32 Å². The van der Waals surface area contributed by atoms with Crippen LogP contribution in [0.2, 0.25) is 0 Å². The lowest BCUT2D eigenvalue weighted by Gasteiger charge is -2.07. The molecule has 0 unspecified atom stereocenters. The smallest absolute Gasteiger partial charge is 0.308 e. The SMILES string of the molecule is COc1ccc(NC(=O)c2sc(=O)n(Cc3cccc(F)c3)c2C)cc1. The van der Waals surface area contributed by atoms with Gasteiger partial charge in [-0.3, -0.25) is 14.2 Å². The van der Waals surface area contributed by atoms with E-state index in [1.54, 1.807) is 50.4 Å². The van der Waals surface area contributed by atoms with Crippen molar-refractivity contribution in [2.75, 3.05) is 12.4 Å². The van der Waals surface area contributed by atoms with E-state index in [9.17, 15) is 14.0 Å². The Kier molecular flexibility index (Phi) is 5.18. The van der Waals surface area contributed by atoms with Gasteiger partial charge in [-0.05, 0) is 48.9 Å². The minimum absolute atomic E-state index is 0.217. The number of nitrogens with zero attached hydrogens (tertiary/aromatic N) is 1. The first kappa shape index (κ1) is 17.9. The zero-order chi connectivity index (χ0) is 18.7. The van der Waals surface area contributed by atoms with Crippen molar-refractivity contribution in [3.05, 3.63) is 80.2 Å². The normalized spacial score (nSPS) is 10.6. The molecule has 0 aliphatic heterocycles. The van der Waals surface area contributed by atoms with Crippen molar-refractivity contribution >= 4 is 22.9 Å². The highest BCUT2D eigenvalue weighted by atomic mass is 32.1. The number of rotatable bonds is 5. The van der Waals surface area contributed by atoms with Crippen molar-refractivity contribution in [3.8, 4) is 5.75 Å². The van der Waals surface area contributed by atoms with E-state index in [4.69, 9.17) is 4.74 Å². The van der Waals surface area contributed by atoms with Gasteiger partial charge in [-0.2, -0.15) is 0 Å². The molecular weight excluding hydrogens is 355 g/mol. The first-order chi connectivity index (χ1) is 12.5. The van der Waals surface area contributed by atoms with E-state index >= 15 is 0 Å². The highest BCUT2D eigenvalue weighted by molar-refractivity contribution is 7.11. The molecule has 7 heteroatoms. The fourth-order valence-corrected chi connectivity index (χ4v) is 3.44. The van der Waals surface area contributed by atoms with Gasteiger partial charge >= 0.3 is 4.87 Å². The summed E-state index contributed by atoms with van der Waals surface area (Å²) in [6.45, 7) is 1.93. The average molecular weight is 372 g/mol. The molecule has 134 valence electrons. The third-order valence-electron chi connectivity index (χ3n) is 3.93. The number of ether oxygens (including phenoxy) is 1. The van der Waals surface area contributed by atoms with Crippen molar-refractivity contribution in [1.29, 1.82) is 0 Å². The van der Waals surface area contributed by atoms with Crippen molar-refractivity contribution in [3.63, 3.8) is 0 Å². The lowest BCUT2D eigenvalue weighted by Crippen LogP contribution is -2.16. The van der Waals surface area contributed by atoms with Crippen molar-refractivity contribution in [1.82, 2.24) is 4.57 Å². The zero-order valence-corrected chi connectivity index (χ0v) is 15.1. The highest BCUT2D eigenvalue weighted by Crippen LogP contribution is 2.19. The topological polar surface area (TPSA) is 60.3 Å². The molecule has 0 aliphatic carbocycles. The fraction of sp³-hybridized carbons (Fsp3) is 0.158. The van der Waals surface area contributed by atoms with Crippen LogP contribution < -0.4 is 14.9 Å².